The van der Waals surface area contributed by atoms with Crippen molar-refractivity contribution in [2.45, 2.75) is 8.63 Å². The molecule has 0 atom stereocenters. The van der Waals surface area contributed by atoms with Crippen molar-refractivity contribution in [3.8, 4) is 0 Å². The predicted octanol–water partition coefficient (Wildman–Crippen LogP) is 2.72. The zero-order chi connectivity index (χ0) is 10.1. The van der Waals surface area contributed by atoms with Crippen LogP contribution in [0, 0.1) is 0 Å². The maximum absolute atomic E-state index is 10.7. The third-order valence-corrected chi connectivity index (χ3v) is 3.31. The molecule has 13 heavy (non-hydrogen) atoms. The van der Waals surface area contributed by atoms with Gasteiger partial charge < -0.3 is 0 Å². The molecule has 1 aromatic rings. The summed E-state index contributed by atoms with van der Waals surface area (Å²) >= 11 is 6.45. The van der Waals surface area contributed by atoms with Crippen LogP contribution in [0.4, 0.5) is 0 Å². The average molecular weight is 330 g/mol. The highest BCUT2D eigenvalue weighted by molar-refractivity contribution is 9.24. The van der Waals surface area contributed by atoms with Crippen LogP contribution in [0.1, 0.15) is 9.30 Å². The van der Waals surface area contributed by atoms with E-state index in [1.165, 1.54) is 12.1 Å². The molecule has 0 saturated heterocycles. The molecule has 1 aromatic carbocycles. The number of alkyl halides is 2. The van der Waals surface area contributed by atoms with E-state index in [4.69, 9.17) is 4.55 Å². The third-order valence-electron chi connectivity index (χ3n) is 1.41. The van der Waals surface area contributed by atoms with Crippen LogP contribution in [0.2, 0.25) is 0 Å². The van der Waals surface area contributed by atoms with Crippen LogP contribution in [0.5, 0.6) is 0 Å². The molecule has 0 spiro atoms. The Bertz CT molecular complexity index is 400. The van der Waals surface area contributed by atoms with Gasteiger partial charge in [0.1, 0.15) is 0 Å². The zero-order valence-electron chi connectivity index (χ0n) is 6.31. The summed E-state index contributed by atoms with van der Waals surface area (Å²) in [6.07, 6.45) is 0. The van der Waals surface area contributed by atoms with Crippen LogP contribution in [-0.4, -0.2) is 13.0 Å². The van der Waals surface area contributed by atoms with Gasteiger partial charge in [-0.2, -0.15) is 8.42 Å². The van der Waals surface area contributed by atoms with Crippen LogP contribution < -0.4 is 0 Å². The quantitative estimate of drug-likeness (QED) is 0.670. The molecular weight excluding hydrogens is 324 g/mol. The number of hydrogen-bond donors (Lipinski definition) is 1. The maximum atomic E-state index is 10.7. The molecule has 0 aliphatic carbocycles. The third kappa shape index (κ3) is 3.05. The normalized spacial score (nSPS) is 12.0. The molecule has 0 bridgehead atoms. The van der Waals surface area contributed by atoms with E-state index in [0.717, 1.165) is 5.56 Å². The molecule has 6 heteroatoms. The maximum Gasteiger partial charge on any atom is 0.294 e. The van der Waals surface area contributed by atoms with Gasteiger partial charge in [0.2, 0.25) is 0 Å². The fourth-order valence-electron chi connectivity index (χ4n) is 0.811. The highest BCUT2D eigenvalue weighted by Crippen LogP contribution is 2.30. The fourth-order valence-corrected chi connectivity index (χ4v) is 1.92. The van der Waals surface area contributed by atoms with Gasteiger partial charge in [-0.25, -0.2) is 0 Å². The lowest BCUT2D eigenvalue weighted by atomic mass is 10.2. The summed E-state index contributed by atoms with van der Waals surface area (Å²) < 4.78 is 30.1. The number of hydrogen-bond acceptors (Lipinski definition) is 2. The molecule has 1 N–H and O–H groups in total. The molecule has 0 fully saturated rings. The lowest BCUT2D eigenvalue weighted by molar-refractivity contribution is 0.483. The van der Waals surface area contributed by atoms with Gasteiger partial charge in [-0.15, -0.1) is 0 Å². The lowest BCUT2D eigenvalue weighted by Gasteiger charge is -2.03. The van der Waals surface area contributed by atoms with Crippen LogP contribution in [0.3, 0.4) is 0 Å². The summed E-state index contributed by atoms with van der Waals surface area (Å²) in [7, 11) is -4.10. The average Bonchev–Trinajstić information content (AvgIpc) is 2.03. The van der Waals surface area contributed by atoms with Gasteiger partial charge >= 0.3 is 0 Å². The summed E-state index contributed by atoms with van der Waals surface area (Å²) in [5, 5.41) is 0. The van der Waals surface area contributed by atoms with E-state index in [1.54, 1.807) is 12.1 Å². The SMILES string of the molecule is O=S(=O)(O)c1cccc(C(Br)Br)c1. The Morgan fingerprint density at radius 3 is 2.38 bits per heavy atom. The first kappa shape index (κ1) is 11.2. The van der Waals surface area contributed by atoms with E-state index in [1.807, 2.05) is 0 Å². The van der Waals surface area contributed by atoms with Crippen molar-refractivity contribution in [1.82, 2.24) is 0 Å². The van der Waals surface area contributed by atoms with Crippen molar-refractivity contribution in [2.75, 3.05) is 0 Å². The van der Waals surface area contributed by atoms with E-state index in [9.17, 15) is 8.42 Å². The topological polar surface area (TPSA) is 54.4 Å². The van der Waals surface area contributed by atoms with Crippen LogP contribution in [0.15, 0.2) is 29.2 Å². The Morgan fingerprint density at radius 2 is 1.92 bits per heavy atom. The molecule has 0 unspecified atom stereocenters. The van der Waals surface area contributed by atoms with E-state index >= 15 is 0 Å². The molecule has 0 aromatic heterocycles. The van der Waals surface area contributed by atoms with Gasteiger partial charge in [0.15, 0.2) is 0 Å². The Hall–Kier alpha value is 0.0900. The largest absolute Gasteiger partial charge is 0.294 e. The Balaban J connectivity index is 3.21. The summed E-state index contributed by atoms with van der Waals surface area (Å²) in [6, 6.07) is 6.03. The van der Waals surface area contributed by atoms with Crippen molar-refractivity contribution in [3.05, 3.63) is 29.8 Å². The predicted molar refractivity (Wildman–Crippen MR) is 56.9 cm³/mol. The first-order valence-corrected chi connectivity index (χ1v) is 6.54. The standard InChI is InChI=1S/C7H6Br2O3S/c8-7(9)5-2-1-3-6(4-5)13(10,11)12/h1-4,7H,(H,10,11,12). The second-order valence-corrected chi connectivity index (χ2v) is 6.83. The molecule has 1 rings (SSSR count). The molecular formula is C7H6Br2O3S. The number of benzene rings is 1. The van der Waals surface area contributed by atoms with Crippen molar-refractivity contribution < 1.29 is 13.0 Å². The Morgan fingerprint density at radius 1 is 1.31 bits per heavy atom. The molecule has 0 heterocycles. The van der Waals surface area contributed by atoms with Gasteiger partial charge in [0, 0.05) is 0 Å². The second kappa shape index (κ2) is 4.08. The minimum Gasteiger partial charge on any atom is -0.282 e. The molecule has 0 aliphatic heterocycles. The Labute approximate surface area is 93.2 Å². The van der Waals surface area contributed by atoms with Gasteiger partial charge in [0.25, 0.3) is 10.1 Å². The van der Waals surface area contributed by atoms with E-state index in [-0.39, 0.29) is 8.63 Å². The highest BCUT2D eigenvalue weighted by Gasteiger charge is 2.11. The second-order valence-electron chi connectivity index (χ2n) is 2.35. The molecule has 72 valence electrons. The van der Waals surface area contributed by atoms with Gasteiger partial charge in [-0.3, -0.25) is 4.55 Å². The summed E-state index contributed by atoms with van der Waals surface area (Å²) in [6.45, 7) is 0. The summed E-state index contributed by atoms with van der Waals surface area (Å²) in [4.78, 5) is -0.103. The van der Waals surface area contributed by atoms with Crippen molar-refractivity contribution in [3.63, 3.8) is 0 Å². The van der Waals surface area contributed by atoms with Crippen molar-refractivity contribution >= 4 is 42.0 Å². The molecule has 3 nitrogen and oxygen atoms in total. The van der Waals surface area contributed by atoms with Crippen molar-refractivity contribution in [2.24, 2.45) is 0 Å². The van der Waals surface area contributed by atoms with Crippen LogP contribution in [0.25, 0.3) is 0 Å². The van der Waals surface area contributed by atoms with Crippen LogP contribution in [-0.2, 0) is 10.1 Å². The highest BCUT2D eigenvalue weighted by atomic mass is 79.9. The lowest BCUT2D eigenvalue weighted by Crippen LogP contribution is -1.98. The van der Waals surface area contributed by atoms with E-state index in [2.05, 4.69) is 31.9 Å². The smallest absolute Gasteiger partial charge is 0.282 e. The van der Waals surface area contributed by atoms with Crippen molar-refractivity contribution in [1.29, 1.82) is 0 Å². The Kier molecular flexibility index (Phi) is 3.50. The number of halogens is 2. The summed E-state index contributed by atoms with van der Waals surface area (Å²) in [5.41, 5.74) is 0.732. The summed E-state index contributed by atoms with van der Waals surface area (Å²) in [5.74, 6) is 0. The first-order chi connectivity index (χ1) is 5.91. The molecule has 0 amide bonds. The van der Waals surface area contributed by atoms with Crippen LogP contribution >= 0.6 is 31.9 Å². The molecule has 0 radical (unpaired) electrons. The van der Waals surface area contributed by atoms with E-state index in [0.29, 0.717) is 0 Å². The first-order valence-electron chi connectivity index (χ1n) is 3.27. The van der Waals surface area contributed by atoms with Gasteiger partial charge in [-0.1, -0.05) is 44.0 Å². The number of rotatable bonds is 2. The van der Waals surface area contributed by atoms with Gasteiger partial charge in [-0.05, 0) is 17.7 Å². The fraction of sp³-hybridized carbons (Fsp3) is 0.143. The van der Waals surface area contributed by atoms with E-state index < -0.39 is 10.1 Å². The minimum atomic E-state index is -4.10. The minimum absolute atomic E-state index is 0.103. The molecule has 0 aliphatic rings. The monoisotopic (exact) mass is 328 g/mol. The molecule has 0 saturated carbocycles. The zero-order valence-corrected chi connectivity index (χ0v) is 10.3. The van der Waals surface area contributed by atoms with Gasteiger partial charge in [0.05, 0.1) is 8.63 Å².